The monoisotopic (exact) mass is 346 g/mol. The number of carbonyl (C=O) groups is 1. The van der Waals surface area contributed by atoms with Gasteiger partial charge in [-0.05, 0) is 50.3 Å². The van der Waals surface area contributed by atoms with Gasteiger partial charge in [0.2, 0.25) is 5.91 Å². The molecule has 0 spiro atoms. The molecule has 2 aliphatic heterocycles. The minimum Gasteiger partial charge on any atom is -0.497 e. The first-order valence-corrected chi connectivity index (χ1v) is 9.22. The highest BCUT2D eigenvalue weighted by Crippen LogP contribution is 2.29. The summed E-state index contributed by atoms with van der Waals surface area (Å²) < 4.78 is 11.1. The Morgan fingerprint density at radius 3 is 2.88 bits per heavy atom. The van der Waals surface area contributed by atoms with E-state index in [4.69, 9.17) is 9.47 Å². The van der Waals surface area contributed by atoms with E-state index in [1.165, 1.54) is 0 Å². The van der Waals surface area contributed by atoms with Crippen LogP contribution in [0.4, 0.5) is 0 Å². The number of piperazine rings is 1. The number of rotatable bonds is 5. The summed E-state index contributed by atoms with van der Waals surface area (Å²) in [5, 5.41) is 0. The largest absolute Gasteiger partial charge is 0.497 e. The van der Waals surface area contributed by atoms with Crippen molar-refractivity contribution >= 4 is 5.91 Å². The molecule has 0 N–H and O–H groups in total. The summed E-state index contributed by atoms with van der Waals surface area (Å²) in [7, 11) is 1.67. The zero-order valence-electron chi connectivity index (χ0n) is 15.7. The van der Waals surface area contributed by atoms with Gasteiger partial charge in [0.15, 0.2) is 0 Å². The van der Waals surface area contributed by atoms with Gasteiger partial charge in [0.1, 0.15) is 5.75 Å². The highest BCUT2D eigenvalue weighted by Gasteiger charge is 2.32. The average Bonchev–Trinajstić information content (AvgIpc) is 2.57. The Balaban J connectivity index is 1.51. The zero-order chi connectivity index (χ0) is 17.9. The molecule has 5 heteroatoms. The van der Waals surface area contributed by atoms with Crippen molar-refractivity contribution in [3.05, 3.63) is 29.8 Å². The lowest BCUT2D eigenvalue weighted by Crippen LogP contribution is -2.51. The third kappa shape index (κ3) is 4.95. The van der Waals surface area contributed by atoms with Gasteiger partial charge in [-0.2, -0.15) is 0 Å². The molecule has 0 saturated carbocycles. The van der Waals surface area contributed by atoms with E-state index in [9.17, 15) is 4.79 Å². The molecule has 2 aliphatic rings. The maximum absolute atomic E-state index is 12.6. The summed E-state index contributed by atoms with van der Waals surface area (Å²) in [5.74, 6) is 1.69. The van der Waals surface area contributed by atoms with Crippen molar-refractivity contribution in [1.82, 2.24) is 9.80 Å². The Morgan fingerprint density at radius 2 is 2.16 bits per heavy atom. The molecule has 0 radical (unpaired) electrons. The van der Waals surface area contributed by atoms with E-state index in [2.05, 4.69) is 18.7 Å². The molecule has 2 saturated heterocycles. The van der Waals surface area contributed by atoms with Crippen LogP contribution in [-0.2, 0) is 16.1 Å². The van der Waals surface area contributed by atoms with E-state index in [0.717, 1.165) is 50.4 Å². The van der Waals surface area contributed by atoms with Crippen molar-refractivity contribution < 1.29 is 14.3 Å². The Bertz CT molecular complexity index is 602. The lowest BCUT2D eigenvalue weighted by atomic mass is 9.88. The third-order valence-corrected chi connectivity index (χ3v) is 5.22. The SMILES string of the molecule is COc1cccc(CN2CCN(CC3CCOC(C)(C)C3)CC2=O)c1. The van der Waals surface area contributed by atoms with Gasteiger partial charge >= 0.3 is 0 Å². The Labute approximate surface area is 150 Å². The van der Waals surface area contributed by atoms with Crippen LogP contribution >= 0.6 is 0 Å². The smallest absolute Gasteiger partial charge is 0.237 e. The van der Waals surface area contributed by atoms with Gasteiger partial charge in [-0.3, -0.25) is 9.69 Å². The second kappa shape index (κ2) is 7.75. The van der Waals surface area contributed by atoms with Gasteiger partial charge < -0.3 is 14.4 Å². The molecule has 5 nitrogen and oxygen atoms in total. The quantitative estimate of drug-likeness (QED) is 0.822. The molecule has 1 amide bonds. The van der Waals surface area contributed by atoms with E-state index in [0.29, 0.717) is 19.0 Å². The fourth-order valence-electron chi connectivity index (χ4n) is 3.95. The first kappa shape index (κ1) is 18.2. The van der Waals surface area contributed by atoms with Crippen LogP contribution in [0.3, 0.4) is 0 Å². The van der Waals surface area contributed by atoms with Crippen LogP contribution in [0.1, 0.15) is 32.3 Å². The highest BCUT2D eigenvalue weighted by molar-refractivity contribution is 5.79. The summed E-state index contributed by atoms with van der Waals surface area (Å²) in [6, 6.07) is 7.95. The molecular formula is C20H30N2O3. The molecular weight excluding hydrogens is 316 g/mol. The molecule has 2 fully saturated rings. The normalized spacial score (nSPS) is 24.4. The highest BCUT2D eigenvalue weighted by atomic mass is 16.5. The van der Waals surface area contributed by atoms with Gasteiger partial charge in [0.05, 0.1) is 19.3 Å². The van der Waals surface area contributed by atoms with Crippen molar-refractivity contribution in [2.75, 3.05) is 39.9 Å². The lowest BCUT2D eigenvalue weighted by molar-refractivity contribution is -0.137. The molecule has 2 heterocycles. The van der Waals surface area contributed by atoms with Crippen LogP contribution in [0, 0.1) is 5.92 Å². The number of carbonyl (C=O) groups excluding carboxylic acids is 1. The summed E-state index contributed by atoms with van der Waals surface area (Å²) in [5.41, 5.74) is 1.09. The molecule has 1 atom stereocenters. The number of hydrogen-bond donors (Lipinski definition) is 0. The van der Waals surface area contributed by atoms with E-state index in [1.54, 1.807) is 7.11 Å². The van der Waals surface area contributed by atoms with Crippen molar-refractivity contribution in [2.24, 2.45) is 5.92 Å². The summed E-state index contributed by atoms with van der Waals surface area (Å²) in [6.07, 6.45) is 2.17. The van der Waals surface area contributed by atoms with Crippen molar-refractivity contribution in [3.8, 4) is 5.75 Å². The van der Waals surface area contributed by atoms with Crippen LogP contribution in [-0.4, -0.2) is 61.2 Å². The molecule has 1 aromatic carbocycles. The standard InChI is InChI=1S/C20H30N2O3/c1-20(2)12-17(7-10-25-20)13-21-8-9-22(19(23)15-21)14-16-5-4-6-18(11-16)24-3/h4-6,11,17H,7-10,12-15H2,1-3H3. The molecule has 0 aliphatic carbocycles. The minimum absolute atomic E-state index is 0.0267. The lowest BCUT2D eigenvalue weighted by Gasteiger charge is -2.40. The van der Waals surface area contributed by atoms with Crippen LogP contribution in [0.2, 0.25) is 0 Å². The second-order valence-electron chi connectivity index (χ2n) is 7.87. The predicted octanol–water partition coefficient (Wildman–Crippen LogP) is 2.54. The summed E-state index contributed by atoms with van der Waals surface area (Å²) >= 11 is 0. The maximum atomic E-state index is 12.6. The third-order valence-electron chi connectivity index (χ3n) is 5.22. The molecule has 0 aromatic heterocycles. The van der Waals surface area contributed by atoms with E-state index < -0.39 is 0 Å². The number of hydrogen-bond acceptors (Lipinski definition) is 4. The van der Waals surface area contributed by atoms with Crippen LogP contribution in [0.15, 0.2) is 24.3 Å². The molecule has 3 rings (SSSR count). The van der Waals surface area contributed by atoms with Gasteiger partial charge in [-0.1, -0.05) is 12.1 Å². The fourth-order valence-corrected chi connectivity index (χ4v) is 3.95. The summed E-state index contributed by atoms with van der Waals surface area (Å²) in [4.78, 5) is 16.8. The molecule has 1 unspecified atom stereocenters. The Hall–Kier alpha value is -1.59. The first-order chi connectivity index (χ1) is 11.9. The first-order valence-electron chi connectivity index (χ1n) is 9.22. The number of amides is 1. The molecule has 25 heavy (non-hydrogen) atoms. The van der Waals surface area contributed by atoms with Gasteiger partial charge in [-0.25, -0.2) is 0 Å². The number of ether oxygens (including phenoxy) is 2. The molecule has 1 aromatic rings. The zero-order valence-corrected chi connectivity index (χ0v) is 15.7. The van der Waals surface area contributed by atoms with Gasteiger partial charge in [0, 0.05) is 32.8 Å². The number of benzene rings is 1. The van der Waals surface area contributed by atoms with Crippen molar-refractivity contribution in [1.29, 1.82) is 0 Å². The maximum Gasteiger partial charge on any atom is 0.237 e. The van der Waals surface area contributed by atoms with E-state index in [1.807, 2.05) is 29.2 Å². The summed E-state index contributed by atoms with van der Waals surface area (Å²) in [6.45, 7) is 9.10. The molecule has 138 valence electrons. The Morgan fingerprint density at radius 1 is 1.32 bits per heavy atom. The van der Waals surface area contributed by atoms with Crippen LogP contribution < -0.4 is 4.74 Å². The minimum atomic E-state index is -0.0267. The fraction of sp³-hybridized carbons (Fsp3) is 0.650. The topological polar surface area (TPSA) is 42.0 Å². The molecule has 0 bridgehead atoms. The predicted molar refractivity (Wildman–Crippen MR) is 97.6 cm³/mol. The van der Waals surface area contributed by atoms with E-state index >= 15 is 0 Å². The number of nitrogens with zero attached hydrogens (tertiary/aromatic N) is 2. The van der Waals surface area contributed by atoms with Crippen LogP contribution in [0.5, 0.6) is 5.75 Å². The second-order valence-corrected chi connectivity index (χ2v) is 7.87. The average molecular weight is 346 g/mol. The van der Waals surface area contributed by atoms with Gasteiger partial charge in [0.25, 0.3) is 0 Å². The Kier molecular flexibility index (Phi) is 5.64. The van der Waals surface area contributed by atoms with Crippen molar-refractivity contribution in [3.63, 3.8) is 0 Å². The number of methoxy groups -OCH3 is 1. The van der Waals surface area contributed by atoms with Crippen molar-refractivity contribution in [2.45, 2.75) is 38.8 Å². The van der Waals surface area contributed by atoms with Gasteiger partial charge in [-0.15, -0.1) is 0 Å². The van der Waals surface area contributed by atoms with Crippen LogP contribution in [0.25, 0.3) is 0 Å². The van der Waals surface area contributed by atoms with E-state index in [-0.39, 0.29) is 11.5 Å².